The summed E-state index contributed by atoms with van der Waals surface area (Å²) in [6.45, 7) is 0. The van der Waals surface area contributed by atoms with Crippen molar-refractivity contribution in [2.45, 2.75) is 32.1 Å². The van der Waals surface area contributed by atoms with Crippen molar-refractivity contribution in [2.75, 3.05) is 12.4 Å². The van der Waals surface area contributed by atoms with E-state index in [1.165, 1.54) is 31.2 Å². The van der Waals surface area contributed by atoms with Crippen LogP contribution in [-0.4, -0.2) is 24.1 Å². The lowest BCUT2D eigenvalue weighted by molar-refractivity contribution is -0.115. The summed E-state index contributed by atoms with van der Waals surface area (Å²) in [5, 5.41) is 11.7. The Hall–Kier alpha value is -2.30. The van der Waals surface area contributed by atoms with Crippen LogP contribution in [0.2, 0.25) is 0 Å². The van der Waals surface area contributed by atoms with Gasteiger partial charge in [-0.15, -0.1) is 0 Å². The molecule has 21 heavy (non-hydrogen) atoms. The van der Waals surface area contributed by atoms with Crippen LogP contribution in [0.5, 0.6) is 5.75 Å². The van der Waals surface area contributed by atoms with Gasteiger partial charge in [0, 0.05) is 6.42 Å². The number of hydrogen-bond acceptors (Lipinski definition) is 3. The third-order valence-corrected chi connectivity index (χ3v) is 3.50. The van der Waals surface area contributed by atoms with E-state index >= 15 is 0 Å². The number of aromatic carboxylic acids is 1. The molecule has 0 atom stereocenters. The average molecular weight is 289 g/mol. The molecule has 112 valence electrons. The molecule has 5 nitrogen and oxygen atoms in total. The standard InChI is InChI=1S/C16H19NO4/c1-21-14-10-12(16(19)20)7-8-13(14)17-15(18)9-11-5-3-2-4-6-11/h5,7-8,10H,2-4,6,9H2,1H3,(H,17,18)(H,19,20). The van der Waals surface area contributed by atoms with Crippen LogP contribution in [0, 0.1) is 0 Å². The van der Waals surface area contributed by atoms with Gasteiger partial charge < -0.3 is 15.2 Å². The molecule has 0 aromatic heterocycles. The van der Waals surface area contributed by atoms with E-state index in [0.29, 0.717) is 17.9 Å². The molecular weight excluding hydrogens is 270 g/mol. The highest BCUT2D eigenvalue weighted by Gasteiger charge is 2.13. The van der Waals surface area contributed by atoms with Crippen LogP contribution in [0.4, 0.5) is 5.69 Å². The van der Waals surface area contributed by atoms with Gasteiger partial charge in [-0.25, -0.2) is 4.79 Å². The van der Waals surface area contributed by atoms with Crippen LogP contribution >= 0.6 is 0 Å². The number of nitrogens with one attached hydrogen (secondary N) is 1. The smallest absolute Gasteiger partial charge is 0.335 e. The van der Waals surface area contributed by atoms with Gasteiger partial charge in [-0.05, 0) is 43.9 Å². The minimum atomic E-state index is -1.03. The second-order valence-electron chi connectivity index (χ2n) is 5.05. The molecule has 1 aromatic carbocycles. The van der Waals surface area contributed by atoms with Gasteiger partial charge in [0.1, 0.15) is 5.75 Å². The van der Waals surface area contributed by atoms with Gasteiger partial charge in [-0.1, -0.05) is 11.6 Å². The van der Waals surface area contributed by atoms with Crippen molar-refractivity contribution in [3.63, 3.8) is 0 Å². The zero-order valence-corrected chi connectivity index (χ0v) is 12.0. The molecule has 0 fully saturated rings. The maximum atomic E-state index is 12.0. The molecule has 0 radical (unpaired) electrons. The quantitative estimate of drug-likeness (QED) is 0.816. The number of anilines is 1. The fraction of sp³-hybridized carbons (Fsp3) is 0.375. The fourth-order valence-electron chi connectivity index (χ4n) is 2.39. The van der Waals surface area contributed by atoms with E-state index in [-0.39, 0.29) is 11.5 Å². The number of methoxy groups -OCH3 is 1. The highest BCUT2D eigenvalue weighted by Crippen LogP contribution is 2.27. The predicted octanol–water partition coefficient (Wildman–Crippen LogP) is 3.22. The second kappa shape index (κ2) is 6.92. The summed E-state index contributed by atoms with van der Waals surface area (Å²) in [5.41, 5.74) is 1.78. The van der Waals surface area contributed by atoms with Crippen molar-refractivity contribution < 1.29 is 19.4 Å². The minimum absolute atomic E-state index is 0.107. The Morgan fingerprint density at radius 1 is 1.33 bits per heavy atom. The molecule has 0 saturated carbocycles. The monoisotopic (exact) mass is 289 g/mol. The third-order valence-electron chi connectivity index (χ3n) is 3.50. The minimum Gasteiger partial charge on any atom is -0.495 e. The van der Waals surface area contributed by atoms with E-state index in [9.17, 15) is 9.59 Å². The normalized spacial score (nSPS) is 14.2. The Labute approximate surface area is 123 Å². The predicted molar refractivity (Wildman–Crippen MR) is 79.8 cm³/mol. The molecule has 1 aliphatic carbocycles. The molecule has 0 saturated heterocycles. The number of rotatable bonds is 5. The van der Waals surface area contributed by atoms with Crippen LogP contribution in [0.25, 0.3) is 0 Å². The lowest BCUT2D eigenvalue weighted by Crippen LogP contribution is -2.14. The molecule has 0 spiro atoms. The highest BCUT2D eigenvalue weighted by atomic mass is 16.5. The Morgan fingerprint density at radius 2 is 2.14 bits per heavy atom. The van der Waals surface area contributed by atoms with Crippen LogP contribution in [0.3, 0.4) is 0 Å². The Balaban J connectivity index is 2.06. The van der Waals surface area contributed by atoms with Crippen molar-refractivity contribution in [1.29, 1.82) is 0 Å². The van der Waals surface area contributed by atoms with E-state index in [1.807, 2.05) is 0 Å². The lowest BCUT2D eigenvalue weighted by atomic mass is 9.97. The summed E-state index contributed by atoms with van der Waals surface area (Å²) in [5.74, 6) is -0.788. The molecule has 1 aliphatic rings. The third kappa shape index (κ3) is 4.08. The molecule has 5 heteroatoms. The van der Waals surface area contributed by atoms with Crippen molar-refractivity contribution in [2.24, 2.45) is 0 Å². The van der Waals surface area contributed by atoms with E-state index in [1.54, 1.807) is 6.07 Å². The molecule has 2 N–H and O–H groups in total. The van der Waals surface area contributed by atoms with E-state index in [4.69, 9.17) is 9.84 Å². The number of benzene rings is 1. The molecule has 0 heterocycles. The van der Waals surface area contributed by atoms with Gasteiger partial charge in [0.05, 0.1) is 18.4 Å². The number of ether oxygens (including phenoxy) is 1. The molecule has 0 bridgehead atoms. The molecule has 0 aliphatic heterocycles. The van der Waals surface area contributed by atoms with E-state index in [2.05, 4.69) is 11.4 Å². The van der Waals surface area contributed by atoms with E-state index < -0.39 is 5.97 Å². The Bertz CT molecular complexity index is 578. The summed E-state index contributed by atoms with van der Waals surface area (Å²) in [6.07, 6.45) is 6.85. The average Bonchev–Trinajstić information content (AvgIpc) is 2.48. The number of hydrogen-bond donors (Lipinski definition) is 2. The first-order chi connectivity index (χ1) is 10.1. The van der Waals surface area contributed by atoms with E-state index in [0.717, 1.165) is 19.3 Å². The molecule has 1 amide bonds. The first kappa shape index (κ1) is 15.1. The Kier molecular flexibility index (Phi) is 4.98. The van der Waals surface area contributed by atoms with Gasteiger partial charge in [-0.3, -0.25) is 4.79 Å². The van der Waals surface area contributed by atoms with Crippen molar-refractivity contribution in [1.82, 2.24) is 0 Å². The van der Waals surface area contributed by atoms with Crippen molar-refractivity contribution >= 4 is 17.6 Å². The van der Waals surface area contributed by atoms with Gasteiger partial charge in [-0.2, -0.15) is 0 Å². The van der Waals surface area contributed by atoms with Crippen LogP contribution in [0.15, 0.2) is 29.8 Å². The van der Waals surface area contributed by atoms with Gasteiger partial charge >= 0.3 is 5.97 Å². The summed E-state index contributed by atoms with van der Waals surface area (Å²) < 4.78 is 5.13. The first-order valence-electron chi connectivity index (χ1n) is 6.99. The van der Waals surface area contributed by atoms with Gasteiger partial charge in [0.15, 0.2) is 0 Å². The highest BCUT2D eigenvalue weighted by molar-refractivity contribution is 5.95. The number of carbonyl (C=O) groups is 2. The van der Waals surface area contributed by atoms with Crippen molar-refractivity contribution in [3.05, 3.63) is 35.4 Å². The van der Waals surface area contributed by atoms with Gasteiger partial charge in [0.2, 0.25) is 5.91 Å². The lowest BCUT2D eigenvalue weighted by Gasteiger charge is -2.14. The number of allylic oxidation sites excluding steroid dienone is 1. The number of amides is 1. The maximum Gasteiger partial charge on any atom is 0.335 e. The molecule has 2 rings (SSSR count). The largest absolute Gasteiger partial charge is 0.495 e. The number of carbonyl (C=O) groups excluding carboxylic acids is 1. The zero-order valence-electron chi connectivity index (χ0n) is 12.0. The number of carboxylic acid groups (broad SMARTS) is 1. The summed E-state index contributed by atoms with van der Waals surface area (Å²) in [7, 11) is 1.44. The number of carboxylic acids is 1. The summed E-state index contributed by atoms with van der Waals surface area (Å²) in [6, 6.07) is 4.40. The Morgan fingerprint density at radius 3 is 2.76 bits per heavy atom. The van der Waals surface area contributed by atoms with Gasteiger partial charge in [0.25, 0.3) is 0 Å². The first-order valence-corrected chi connectivity index (χ1v) is 6.99. The zero-order chi connectivity index (χ0) is 15.2. The second-order valence-corrected chi connectivity index (χ2v) is 5.05. The van der Waals surface area contributed by atoms with Crippen molar-refractivity contribution in [3.8, 4) is 5.75 Å². The topological polar surface area (TPSA) is 75.6 Å². The SMILES string of the molecule is COc1cc(C(=O)O)ccc1NC(=O)CC1=CCCCC1. The van der Waals surface area contributed by atoms with Crippen LogP contribution in [0.1, 0.15) is 42.5 Å². The molecular formula is C16H19NO4. The summed E-state index contributed by atoms with van der Waals surface area (Å²) in [4.78, 5) is 23.0. The van der Waals surface area contributed by atoms with Crippen LogP contribution in [-0.2, 0) is 4.79 Å². The fourth-order valence-corrected chi connectivity index (χ4v) is 2.39. The molecule has 0 unspecified atom stereocenters. The van der Waals surface area contributed by atoms with Crippen LogP contribution < -0.4 is 10.1 Å². The summed E-state index contributed by atoms with van der Waals surface area (Å²) >= 11 is 0. The maximum absolute atomic E-state index is 12.0. The molecule has 1 aromatic rings.